The molecule has 0 spiro atoms. The number of ether oxygens (including phenoxy) is 2. The van der Waals surface area contributed by atoms with Crippen molar-refractivity contribution < 1.29 is 19.7 Å². The van der Waals surface area contributed by atoms with Gasteiger partial charge in [0.25, 0.3) is 0 Å². The fourth-order valence-corrected chi connectivity index (χ4v) is 4.20. The van der Waals surface area contributed by atoms with E-state index in [0.29, 0.717) is 50.0 Å². The lowest BCUT2D eigenvalue weighted by molar-refractivity contribution is -0.140. The van der Waals surface area contributed by atoms with E-state index in [0.717, 1.165) is 16.9 Å². The van der Waals surface area contributed by atoms with Gasteiger partial charge in [-0.1, -0.05) is 29.8 Å². The zero-order valence-electron chi connectivity index (χ0n) is 18.7. The molecular weight excluding hydrogens is 442 g/mol. The molecule has 7 nitrogen and oxygen atoms in total. The van der Waals surface area contributed by atoms with Crippen molar-refractivity contribution in [3.05, 3.63) is 77.1 Å². The molecule has 2 aromatic carbocycles. The molecule has 0 bridgehead atoms. The average molecular weight is 472 g/mol. The van der Waals surface area contributed by atoms with Gasteiger partial charge in [0.15, 0.2) is 0 Å². The molecule has 2 N–H and O–H groups in total. The minimum Gasteiger partial charge on any atom is -0.492 e. The van der Waals surface area contributed by atoms with Gasteiger partial charge in [0.05, 0.1) is 17.7 Å². The van der Waals surface area contributed by atoms with Crippen LogP contribution in [0, 0.1) is 6.92 Å². The Balaban J connectivity index is 1.34. The van der Waals surface area contributed by atoms with Gasteiger partial charge in [-0.05, 0) is 54.8 Å². The fraction of sp³-hybridized carbons (Fsp3) is 0.400. The Morgan fingerprint density at radius 2 is 2.06 bits per heavy atom. The zero-order chi connectivity index (χ0) is 23.3. The van der Waals surface area contributed by atoms with Crippen molar-refractivity contribution in [2.24, 2.45) is 0 Å². The molecule has 0 unspecified atom stereocenters. The summed E-state index contributed by atoms with van der Waals surface area (Å²) in [5.41, 5.74) is 0.704. The molecule has 8 heteroatoms. The molecule has 2 heterocycles. The molecule has 0 amide bonds. The number of aryl methyl sites for hydroxylation is 1. The van der Waals surface area contributed by atoms with Gasteiger partial charge in [-0.2, -0.15) is 5.10 Å². The van der Waals surface area contributed by atoms with Crippen molar-refractivity contribution in [1.29, 1.82) is 0 Å². The first-order valence-electron chi connectivity index (χ1n) is 11.1. The molecule has 1 fully saturated rings. The first-order chi connectivity index (χ1) is 15.9. The highest BCUT2D eigenvalue weighted by atomic mass is 35.5. The van der Waals surface area contributed by atoms with Crippen molar-refractivity contribution in [2.75, 3.05) is 26.3 Å². The minimum atomic E-state index is -1.39. The lowest BCUT2D eigenvalue weighted by Gasteiger charge is -2.42. The SMILES string of the molecule is Cc1ccc(Cl)c(OC[C@@]2(O)CN(Cc3cccc(OCCn4cccn4)c3)CC[C@@H]2O)c1. The largest absolute Gasteiger partial charge is 0.492 e. The predicted molar refractivity (Wildman–Crippen MR) is 127 cm³/mol. The van der Waals surface area contributed by atoms with E-state index in [1.54, 1.807) is 12.3 Å². The van der Waals surface area contributed by atoms with Gasteiger partial charge >= 0.3 is 0 Å². The summed E-state index contributed by atoms with van der Waals surface area (Å²) in [6.07, 6.45) is 3.25. The molecule has 1 aromatic heterocycles. The van der Waals surface area contributed by atoms with Crippen LogP contribution in [0.4, 0.5) is 0 Å². The van der Waals surface area contributed by atoms with Gasteiger partial charge in [-0.15, -0.1) is 0 Å². The van der Waals surface area contributed by atoms with E-state index < -0.39 is 11.7 Å². The number of hydrogen-bond donors (Lipinski definition) is 2. The molecule has 4 rings (SSSR count). The summed E-state index contributed by atoms with van der Waals surface area (Å²) in [6, 6.07) is 15.3. The predicted octanol–water partition coefficient (Wildman–Crippen LogP) is 3.30. The number of aliphatic hydroxyl groups is 2. The molecule has 1 saturated heterocycles. The maximum atomic E-state index is 11.2. The molecule has 0 aliphatic carbocycles. The number of aromatic nitrogens is 2. The van der Waals surface area contributed by atoms with Crippen LogP contribution in [0.3, 0.4) is 0 Å². The highest BCUT2D eigenvalue weighted by Crippen LogP contribution is 2.29. The number of likely N-dealkylation sites (tertiary alicyclic amines) is 1. The van der Waals surface area contributed by atoms with E-state index in [-0.39, 0.29) is 6.61 Å². The molecule has 0 radical (unpaired) electrons. The summed E-state index contributed by atoms with van der Waals surface area (Å²) < 4.78 is 13.5. The lowest BCUT2D eigenvalue weighted by atomic mass is 9.90. The summed E-state index contributed by atoms with van der Waals surface area (Å²) in [4.78, 5) is 2.12. The van der Waals surface area contributed by atoms with Crippen LogP contribution in [0.1, 0.15) is 17.5 Å². The highest BCUT2D eigenvalue weighted by molar-refractivity contribution is 6.32. The number of benzene rings is 2. The van der Waals surface area contributed by atoms with Gasteiger partial charge in [0.1, 0.15) is 30.3 Å². The summed E-state index contributed by atoms with van der Waals surface area (Å²) >= 11 is 6.22. The molecular formula is C25H30ClN3O4. The zero-order valence-corrected chi connectivity index (χ0v) is 19.5. The van der Waals surface area contributed by atoms with Gasteiger partial charge < -0.3 is 19.7 Å². The third kappa shape index (κ3) is 6.26. The molecule has 1 aliphatic heterocycles. The normalized spacial score (nSPS) is 21.2. The highest BCUT2D eigenvalue weighted by Gasteiger charge is 2.42. The van der Waals surface area contributed by atoms with Crippen LogP contribution in [-0.2, 0) is 13.1 Å². The monoisotopic (exact) mass is 471 g/mol. The van der Waals surface area contributed by atoms with Gasteiger partial charge in [0, 0.05) is 32.0 Å². The maximum absolute atomic E-state index is 11.2. The number of aliphatic hydroxyl groups excluding tert-OH is 1. The fourth-order valence-electron chi connectivity index (χ4n) is 4.03. The third-order valence-corrected chi connectivity index (χ3v) is 6.17. The number of piperidine rings is 1. The minimum absolute atomic E-state index is 0.0373. The summed E-state index contributed by atoms with van der Waals surface area (Å²) in [6.45, 7) is 4.73. The van der Waals surface area contributed by atoms with E-state index in [4.69, 9.17) is 21.1 Å². The Labute approximate surface area is 199 Å². The summed E-state index contributed by atoms with van der Waals surface area (Å²) in [5, 5.41) is 26.4. The topological polar surface area (TPSA) is 80.0 Å². The van der Waals surface area contributed by atoms with Crippen LogP contribution in [0.25, 0.3) is 0 Å². The van der Waals surface area contributed by atoms with Crippen molar-refractivity contribution >= 4 is 11.6 Å². The second-order valence-electron chi connectivity index (χ2n) is 8.61. The van der Waals surface area contributed by atoms with E-state index in [9.17, 15) is 10.2 Å². The Hall–Kier alpha value is -2.58. The number of rotatable bonds is 9. The van der Waals surface area contributed by atoms with Crippen molar-refractivity contribution in [3.8, 4) is 11.5 Å². The van der Waals surface area contributed by atoms with Crippen molar-refractivity contribution in [1.82, 2.24) is 14.7 Å². The molecule has 176 valence electrons. The second kappa shape index (κ2) is 10.6. The van der Waals surface area contributed by atoms with Crippen LogP contribution in [-0.4, -0.2) is 62.9 Å². The van der Waals surface area contributed by atoms with Gasteiger partial charge in [0.2, 0.25) is 0 Å². The van der Waals surface area contributed by atoms with Crippen molar-refractivity contribution in [3.63, 3.8) is 0 Å². The Bertz CT molecular complexity index is 1050. The smallest absolute Gasteiger partial charge is 0.138 e. The number of halogens is 1. The van der Waals surface area contributed by atoms with Crippen LogP contribution in [0.2, 0.25) is 5.02 Å². The molecule has 3 aromatic rings. The summed E-state index contributed by atoms with van der Waals surface area (Å²) in [5.74, 6) is 1.30. The van der Waals surface area contributed by atoms with Crippen LogP contribution >= 0.6 is 11.6 Å². The van der Waals surface area contributed by atoms with Crippen LogP contribution in [0.5, 0.6) is 11.5 Å². The molecule has 0 saturated carbocycles. The first-order valence-corrected chi connectivity index (χ1v) is 11.5. The standard InChI is InChI=1S/C25H30ClN3O4/c1-19-6-7-22(26)23(14-19)33-18-25(31)17-28(11-8-24(25)30)16-20-4-2-5-21(15-20)32-13-12-29-10-3-9-27-29/h2-7,9-10,14-15,24,30-31H,8,11-13,16-18H2,1H3/t24-,25-/m0/s1. The third-order valence-electron chi connectivity index (χ3n) is 5.85. The molecule has 1 aliphatic rings. The van der Waals surface area contributed by atoms with Gasteiger partial charge in [-0.3, -0.25) is 9.58 Å². The molecule has 33 heavy (non-hydrogen) atoms. The molecule has 2 atom stereocenters. The average Bonchev–Trinajstić information content (AvgIpc) is 3.31. The lowest BCUT2D eigenvalue weighted by Crippen LogP contribution is -2.59. The van der Waals surface area contributed by atoms with Crippen LogP contribution in [0.15, 0.2) is 60.9 Å². The van der Waals surface area contributed by atoms with E-state index in [1.807, 2.05) is 60.3 Å². The number of nitrogens with zero attached hydrogens (tertiary/aromatic N) is 3. The van der Waals surface area contributed by atoms with Crippen LogP contribution < -0.4 is 9.47 Å². The maximum Gasteiger partial charge on any atom is 0.138 e. The summed E-state index contributed by atoms with van der Waals surface area (Å²) in [7, 11) is 0. The van der Waals surface area contributed by atoms with E-state index in [2.05, 4.69) is 10.00 Å². The van der Waals surface area contributed by atoms with Crippen molar-refractivity contribution in [2.45, 2.75) is 38.1 Å². The quantitative estimate of drug-likeness (QED) is 0.498. The van der Waals surface area contributed by atoms with E-state index in [1.165, 1.54) is 0 Å². The van der Waals surface area contributed by atoms with E-state index >= 15 is 0 Å². The Kier molecular flexibility index (Phi) is 7.55. The Morgan fingerprint density at radius 1 is 1.18 bits per heavy atom. The first kappa shape index (κ1) is 23.6. The Morgan fingerprint density at radius 3 is 2.88 bits per heavy atom. The number of hydrogen-bond acceptors (Lipinski definition) is 6. The second-order valence-corrected chi connectivity index (χ2v) is 9.01. The van der Waals surface area contributed by atoms with Gasteiger partial charge in [-0.25, -0.2) is 0 Å². The number of β-amino-alcohol motifs (C(OH)–C–C–N with tert-alkyl or cyclic N) is 1.